The van der Waals surface area contributed by atoms with E-state index in [1.807, 2.05) is 11.2 Å². The van der Waals surface area contributed by atoms with Gasteiger partial charge in [0.05, 0.1) is 5.56 Å². The van der Waals surface area contributed by atoms with Crippen LogP contribution in [0.4, 0.5) is 23.7 Å². The third-order valence-corrected chi connectivity index (χ3v) is 5.00. The fourth-order valence-electron chi connectivity index (χ4n) is 2.95. The number of carbonyl (C=O) groups excluding carboxylic acids is 2. The van der Waals surface area contributed by atoms with Crippen LogP contribution < -0.4 is 16.0 Å². The Hall–Kier alpha value is -2.10. The van der Waals surface area contributed by atoms with Crippen LogP contribution in [-0.4, -0.2) is 61.1 Å². The smallest absolute Gasteiger partial charge is 0.368 e. The lowest BCUT2D eigenvalue weighted by atomic mass is 10.1. The van der Waals surface area contributed by atoms with Gasteiger partial charge in [-0.3, -0.25) is 4.79 Å². The zero-order valence-corrected chi connectivity index (χ0v) is 15.8. The van der Waals surface area contributed by atoms with Crippen molar-refractivity contribution < 1.29 is 22.8 Å². The minimum atomic E-state index is -4.39. The summed E-state index contributed by atoms with van der Waals surface area (Å²) in [6.45, 7) is 1.56. The highest BCUT2D eigenvalue weighted by Gasteiger charge is 2.32. The van der Waals surface area contributed by atoms with Gasteiger partial charge in [0, 0.05) is 31.9 Å². The SMILES string of the molecule is CSCCC(NC(N)=O)C(=O)N1CCN(c2cccc(C(F)(F)F)c2)CC1. The van der Waals surface area contributed by atoms with Crippen molar-refractivity contribution in [1.29, 1.82) is 0 Å². The molecule has 0 radical (unpaired) electrons. The summed E-state index contributed by atoms with van der Waals surface area (Å²) in [6.07, 6.45) is -2.02. The van der Waals surface area contributed by atoms with Crippen molar-refractivity contribution in [3.8, 4) is 0 Å². The van der Waals surface area contributed by atoms with Crippen molar-refractivity contribution in [2.24, 2.45) is 5.73 Å². The van der Waals surface area contributed by atoms with Crippen molar-refractivity contribution in [1.82, 2.24) is 10.2 Å². The van der Waals surface area contributed by atoms with E-state index in [-0.39, 0.29) is 5.91 Å². The first-order valence-electron chi connectivity index (χ1n) is 8.48. The van der Waals surface area contributed by atoms with Gasteiger partial charge in [-0.25, -0.2) is 4.79 Å². The first-order chi connectivity index (χ1) is 12.7. The maximum atomic E-state index is 12.9. The summed E-state index contributed by atoms with van der Waals surface area (Å²) in [4.78, 5) is 27.2. The van der Waals surface area contributed by atoms with E-state index in [0.717, 1.165) is 12.1 Å². The number of urea groups is 1. The van der Waals surface area contributed by atoms with Crippen molar-refractivity contribution >= 4 is 29.4 Å². The first-order valence-corrected chi connectivity index (χ1v) is 9.87. The van der Waals surface area contributed by atoms with Crippen LogP contribution in [0.1, 0.15) is 12.0 Å². The summed E-state index contributed by atoms with van der Waals surface area (Å²) < 4.78 is 38.6. The minimum absolute atomic E-state index is 0.216. The Balaban J connectivity index is 1.99. The van der Waals surface area contributed by atoms with E-state index in [2.05, 4.69) is 5.32 Å². The Labute approximate surface area is 160 Å². The van der Waals surface area contributed by atoms with Gasteiger partial charge in [-0.15, -0.1) is 0 Å². The molecule has 3 N–H and O–H groups in total. The van der Waals surface area contributed by atoms with Crippen molar-refractivity contribution in [3.05, 3.63) is 29.8 Å². The lowest BCUT2D eigenvalue weighted by Gasteiger charge is -2.37. The molecule has 1 aliphatic heterocycles. The Bertz CT molecular complexity index is 664. The number of nitrogens with one attached hydrogen (secondary N) is 1. The Morgan fingerprint density at radius 1 is 1.26 bits per heavy atom. The first kappa shape index (κ1) is 21.2. The molecule has 150 valence electrons. The van der Waals surface area contributed by atoms with Gasteiger partial charge in [0.2, 0.25) is 5.91 Å². The van der Waals surface area contributed by atoms with E-state index >= 15 is 0 Å². The largest absolute Gasteiger partial charge is 0.416 e. The Kier molecular flexibility index (Phi) is 7.23. The highest BCUT2D eigenvalue weighted by atomic mass is 32.2. The highest BCUT2D eigenvalue weighted by Crippen LogP contribution is 2.31. The number of carbonyl (C=O) groups is 2. The van der Waals surface area contributed by atoms with Crippen LogP contribution in [0.2, 0.25) is 0 Å². The lowest BCUT2D eigenvalue weighted by molar-refractivity contribution is -0.137. The van der Waals surface area contributed by atoms with Crippen LogP contribution in [0, 0.1) is 0 Å². The van der Waals surface area contributed by atoms with Crippen LogP contribution in [0.15, 0.2) is 24.3 Å². The van der Waals surface area contributed by atoms with E-state index in [1.54, 1.807) is 22.7 Å². The number of hydrogen-bond acceptors (Lipinski definition) is 4. The molecule has 0 bridgehead atoms. The zero-order chi connectivity index (χ0) is 20.0. The molecule has 1 aromatic rings. The number of anilines is 1. The predicted octanol–water partition coefficient (Wildman–Crippen LogP) is 2.14. The fraction of sp³-hybridized carbons (Fsp3) is 0.529. The molecule has 1 aromatic carbocycles. The maximum Gasteiger partial charge on any atom is 0.416 e. The number of piperazine rings is 1. The molecule has 1 heterocycles. The summed E-state index contributed by atoms with van der Waals surface area (Å²) in [5, 5.41) is 2.47. The maximum absolute atomic E-state index is 12.9. The lowest BCUT2D eigenvalue weighted by Crippen LogP contribution is -2.55. The summed E-state index contributed by atoms with van der Waals surface area (Å²) in [7, 11) is 0. The molecule has 0 saturated carbocycles. The number of halogens is 3. The van der Waals surface area contributed by atoms with E-state index in [0.29, 0.717) is 44.0 Å². The molecule has 3 amide bonds. The number of primary amides is 1. The van der Waals surface area contributed by atoms with Crippen LogP contribution in [0.25, 0.3) is 0 Å². The molecule has 1 unspecified atom stereocenters. The average Bonchev–Trinajstić information content (AvgIpc) is 2.64. The number of amides is 3. The van der Waals surface area contributed by atoms with Crippen LogP contribution in [-0.2, 0) is 11.0 Å². The molecular formula is C17H23F3N4O2S. The molecule has 0 spiro atoms. The number of rotatable bonds is 6. The molecule has 27 heavy (non-hydrogen) atoms. The second-order valence-corrected chi connectivity index (χ2v) is 7.19. The summed E-state index contributed by atoms with van der Waals surface area (Å²) in [5.41, 5.74) is 4.94. The summed E-state index contributed by atoms with van der Waals surface area (Å²) in [6, 6.07) is 3.72. The molecule has 1 atom stereocenters. The van der Waals surface area contributed by atoms with E-state index in [1.165, 1.54) is 6.07 Å². The van der Waals surface area contributed by atoms with Gasteiger partial charge in [0.1, 0.15) is 6.04 Å². The molecule has 1 saturated heterocycles. The number of hydrogen-bond donors (Lipinski definition) is 2. The molecule has 0 aliphatic carbocycles. The number of thioether (sulfide) groups is 1. The van der Waals surface area contributed by atoms with Gasteiger partial charge < -0.3 is 20.9 Å². The van der Waals surface area contributed by atoms with Crippen LogP contribution in [0.3, 0.4) is 0 Å². The van der Waals surface area contributed by atoms with Crippen molar-refractivity contribution in [3.63, 3.8) is 0 Å². The van der Waals surface area contributed by atoms with Gasteiger partial charge in [-0.05, 0) is 36.6 Å². The number of nitrogens with two attached hydrogens (primary N) is 1. The third-order valence-electron chi connectivity index (χ3n) is 4.36. The quantitative estimate of drug-likeness (QED) is 0.762. The summed E-state index contributed by atoms with van der Waals surface area (Å²) in [5.74, 6) is 0.479. The molecule has 6 nitrogen and oxygen atoms in total. The molecule has 10 heteroatoms. The van der Waals surface area contributed by atoms with E-state index < -0.39 is 23.8 Å². The van der Waals surface area contributed by atoms with Crippen molar-refractivity contribution in [2.45, 2.75) is 18.6 Å². The number of alkyl halides is 3. The second-order valence-electron chi connectivity index (χ2n) is 6.20. The monoisotopic (exact) mass is 404 g/mol. The van der Waals surface area contributed by atoms with Gasteiger partial charge in [-0.1, -0.05) is 6.07 Å². The highest BCUT2D eigenvalue weighted by molar-refractivity contribution is 7.98. The summed E-state index contributed by atoms with van der Waals surface area (Å²) >= 11 is 1.56. The Morgan fingerprint density at radius 3 is 2.48 bits per heavy atom. The van der Waals surface area contributed by atoms with E-state index in [9.17, 15) is 22.8 Å². The normalized spacial score (nSPS) is 16.1. The average molecular weight is 404 g/mol. The number of nitrogens with zero attached hydrogens (tertiary/aromatic N) is 2. The Morgan fingerprint density at radius 2 is 1.93 bits per heavy atom. The van der Waals surface area contributed by atoms with Gasteiger partial charge >= 0.3 is 12.2 Å². The standard InChI is InChI=1S/C17H23F3N4O2S/c1-27-10-5-14(22-16(21)26)15(25)24-8-6-23(7-9-24)13-4-2-3-12(11-13)17(18,19)20/h2-4,11,14H,5-10H2,1H3,(H3,21,22,26). The van der Waals surface area contributed by atoms with Gasteiger partial charge in [0.15, 0.2) is 0 Å². The molecular weight excluding hydrogens is 381 g/mol. The second kappa shape index (κ2) is 9.20. The minimum Gasteiger partial charge on any atom is -0.368 e. The van der Waals surface area contributed by atoms with Crippen molar-refractivity contribution in [2.75, 3.05) is 43.1 Å². The predicted molar refractivity (Wildman–Crippen MR) is 99.7 cm³/mol. The van der Waals surface area contributed by atoms with Gasteiger partial charge in [-0.2, -0.15) is 24.9 Å². The molecule has 2 rings (SSSR count). The fourth-order valence-corrected chi connectivity index (χ4v) is 3.42. The topological polar surface area (TPSA) is 78.7 Å². The van der Waals surface area contributed by atoms with Gasteiger partial charge in [0.25, 0.3) is 0 Å². The molecule has 1 fully saturated rings. The zero-order valence-electron chi connectivity index (χ0n) is 15.0. The van der Waals surface area contributed by atoms with E-state index in [4.69, 9.17) is 5.73 Å². The number of benzene rings is 1. The molecule has 0 aromatic heterocycles. The van der Waals surface area contributed by atoms with Crippen LogP contribution in [0.5, 0.6) is 0 Å². The third kappa shape index (κ3) is 5.95. The molecule has 1 aliphatic rings. The van der Waals surface area contributed by atoms with Crippen LogP contribution >= 0.6 is 11.8 Å².